The van der Waals surface area contributed by atoms with Crippen molar-refractivity contribution in [2.45, 2.75) is 13.0 Å². The lowest BCUT2D eigenvalue weighted by atomic mass is 10.2. The van der Waals surface area contributed by atoms with Crippen LogP contribution in [0.2, 0.25) is 0 Å². The molecule has 0 aliphatic rings. The quantitative estimate of drug-likeness (QED) is 0.363. The van der Waals surface area contributed by atoms with Crippen LogP contribution in [0.4, 0.5) is 5.13 Å². The van der Waals surface area contributed by atoms with Gasteiger partial charge >= 0.3 is 0 Å². The van der Waals surface area contributed by atoms with Crippen LogP contribution in [-0.4, -0.2) is 30.4 Å². The van der Waals surface area contributed by atoms with Crippen LogP contribution in [0.3, 0.4) is 0 Å². The van der Waals surface area contributed by atoms with Gasteiger partial charge in [-0.3, -0.25) is 0 Å². The predicted octanol–water partition coefficient (Wildman–Crippen LogP) is 5.49. The molecule has 0 aliphatic carbocycles. The standard InChI is InChI=1S/C24H24N2O3S/c1-28-20-10-12-21(13-11-20)29-15-5-14-26(17-18-6-4-7-19(27)16-18)24-25-22-8-2-3-9-23(22)30-24/h2-4,6-13,16,27H,5,14-15,17H2,1H3. The highest BCUT2D eigenvalue weighted by Gasteiger charge is 2.13. The van der Waals surface area contributed by atoms with E-state index in [1.165, 1.54) is 4.70 Å². The molecule has 0 aliphatic heterocycles. The van der Waals surface area contributed by atoms with Gasteiger partial charge in [-0.2, -0.15) is 0 Å². The van der Waals surface area contributed by atoms with Crippen LogP contribution < -0.4 is 14.4 Å². The van der Waals surface area contributed by atoms with Crippen molar-refractivity contribution in [1.29, 1.82) is 0 Å². The maximum atomic E-state index is 9.83. The average Bonchev–Trinajstić information content (AvgIpc) is 3.20. The van der Waals surface area contributed by atoms with Gasteiger partial charge in [-0.1, -0.05) is 35.6 Å². The number of rotatable bonds is 9. The van der Waals surface area contributed by atoms with Gasteiger partial charge in [0, 0.05) is 13.1 Å². The number of para-hydroxylation sites is 1. The molecular formula is C24H24N2O3S. The highest BCUT2D eigenvalue weighted by Crippen LogP contribution is 2.30. The maximum absolute atomic E-state index is 9.83. The molecule has 3 aromatic carbocycles. The molecule has 1 N–H and O–H groups in total. The molecule has 154 valence electrons. The van der Waals surface area contributed by atoms with E-state index in [-0.39, 0.29) is 5.75 Å². The van der Waals surface area contributed by atoms with Gasteiger partial charge in [0.15, 0.2) is 5.13 Å². The fraction of sp³-hybridized carbons (Fsp3) is 0.208. The first-order valence-electron chi connectivity index (χ1n) is 9.86. The summed E-state index contributed by atoms with van der Waals surface area (Å²) in [4.78, 5) is 7.06. The number of fused-ring (bicyclic) bond motifs is 1. The minimum Gasteiger partial charge on any atom is -0.508 e. The first-order chi connectivity index (χ1) is 14.7. The van der Waals surface area contributed by atoms with Gasteiger partial charge in [0.05, 0.1) is 23.9 Å². The molecule has 0 bridgehead atoms. The van der Waals surface area contributed by atoms with Crippen molar-refractivity contribution in [2.24, 2.45) is 0 Å². The molecule has 5 nitrogen and oxygen atoms in total. The fourth-order valence-electron chi connectivity index (χ4n) is 3.23. The number of ether oxygens (including phenoxy) is 2. The molecule has 0 radical (unpaired) electrons. The smallest absolute Gasteiger partial charge is 0.186 e. The zero-order valence-corrected chi connectivity index (χ0v) is 17.6. The Morgan fingerprint density at radius 3 is 2.53 bits per heavy atom. The minimum absolute atomic E-state index is 0.277. The van der Waals surface area contributed by atoms with Gasteiger partial charge < -0.3 is 19.5 Å². The molecule has 1 aromatic heterocycles. The Morgan fingerprint density at radius 2 is 1.77 bits per heavy atom. The molecule has 4 aromatic rings. The molecule has 6 heteroatoms. The molecule has 0 amide bonds. The summed E-state index contributed by atoms with van der Waals surface area (Å²) in [6, 6.07) is 23.2. The average molecular weight is 421 g/mol. The van der Waals surface area contributed by atoms with E-state index in [1.54, 1.807) is 30.6 Å². The van der Waals surface area contributed by atoms with Crippen LogP contribution in [0.5, 0.6) is 17.2 Å². The van der Waals surface area contributed by atoms with E-state index in [9.17, 15) is 5.11 Å². The van der Waals surface area contributed by atoms with E-state index in [4.69, 9.17) is 14.5 Å². The second kappa shape index (κ2) is 9.50. The number of nitrogens with zero attached hydrogens (tertiary/aromatic N) is 2. The third-order valence-corrected chi connectivity index (χ3v) is 5.83. The van der Waals surface area contributed by atoms with Gasteiger partial charge in [-0.15, -0.1) is 0 Å². The molecule has 0 fully saturated rings. The van der Waals surface area contributed by atoms with Crippen LogP contribution in [0.25, 0.3) is 10.2 Å². The molecule has 0 unspecified atom stereocenters. The van der Waals surface area contributed by atoms with Crippen molar-refractivity contribution < 1.29 is 14.6 Å². The summed E-state index contributed by atoms with van der Waals surface area (Å²) in [5.41, 5.74) is 2.05. The van der Waals surface area contributed by atoms with Crippen molar-refractivity contribution >= 4 is 26.7 Å². The van der Waals surface area contributed by atoms with Crippen molar-refractivity contribution in [2.75, 3.05) is 25.2 Å². The number of anilines is 1. The number of hydrogen-bond donors (Lipinski definition) is 1. The highest BCUT2D eigenvalue weighted by atomic mass is 32.1. The topological polar surface area (TPSA) is 54.8 Å². The van der Waals surface area contributed by atoms with Gasteiger partial charge in [0.25, 0.3) is 0 Å². The fourth-order valence-corrected chi connectivity index (χ4v) is 4.22. The third kappa shape index (κ3) is 5.02. The molecule has 4 rings (SSSR count). The summed E-state index contributed by atoms with van der Waals surface area (Å²) >= 11 is 1.68. The lowest BCUT2D eigenvalue weighted by Crippen LogP contribution is -2.25. The summed E-state index contributed by atoms with van der Waals surface area (Å²) in [5, 5.41) is 10.8. The predicted molar refractivity (Wildman–Crippen MR) is 122 cm³/mol. The molecule has 1 heterocycles. The Bertz CT molecular complexity index is 1060. The molecule has 0 spiro atoms. The first kappa shape index (κ1) is 20.0. The number of phenols is 1. The van der Waals surface area contributed by atoms with Crippen LogP contribution in [0, 0.1) is 0 Å². The highest BCUT2D eigenvalue weighted by molar-refractivity contribution is 7.22. The zero-order valence-electron chi connectivity index (χ0n) is 16.8. The van der Waals surface area contributed by atoms with Crippen molar-refractivity contribution in [3.8, 4) is 17.2 Å². The monoisotopic (exact) mass is 420 g/mol. The minimum atomic E-state index is 0.277. The zero-order chi connectivity index (χ0) is 20.8. The van der Waals surface area contributed by atoms with E-state index in [0.717, 1.165) is 40.7 Å². The molecule has 30 heavy (non-hydrogen) atoms. The van der Waals surface area contributed by atoms with E-state index in [0.29, 0.717) is 13.2 Å². The Labute approximate surface area is 180 Å². The lowest BCUT2D eigenvalue weighted by Gasteiger charge is -2.22. The second-order valence-corrected chi connectivity index (χ2v) is 7.94. The van der Waals surface area contributed by atoms with Crippen LogP contribution in [0.15, 0.2) is 72.8 Å². The SMILES string of the molecule is COc1ccc(OCCCN(Cc2cccc(O)c2)c2nc3ccccc3s2)cc1. The second-order valence-electron chi connectivity index (χ2n) is 6.93. The number of benzene rings is 3. The molecule has 0 saturated heterocycles. The number of phenolic OH excluding ortho intramolecular Hbond substituents is 1. The van der Waals surface area contributed by atoms with Gasteiger partial charge in [0.2, 0.25) is 0 Å². The summed E-state index contributed by atoms with van der Waals surface area (Å²) in [6.07, 6.45) is 0.848. The third-order valence-electron chi connectivity index (χ3n) is 4.74. The van der Waals surface area contributed by atoms with Crippen molar-refractivity contribution in [3.05, 3.63) is 78.4 Å². The molecule has 0 atom stereocenters. The van der Waals surface area contributed by atoms with Crippen LogP contribution >= 0.6 is 11.3 Å². The molecule has 0 saturated carbocycles. The normalized spacial score (nSPS) is 10.8. The van der Waals surface area contributed by atoms with Crippen molar-refractivity contribution in [1.82, 2.24) is 4.98 Å². The number of thiazole rings is 1. The van der Waals surface area contributed by atoms with E-state index < -0.39 is 0 Å². The van der Waals surface area contributed by atoms with Gasteiger partial charge in [-0.25, -0.2) is 4.98 Å². The number of aromatic hydroxyl groups is 1. The maximum Gasteiger partial charge on any atom is 0.186 e. The number of methoxy groups -OCH3 is 1. The summed E-state index contributed by atoms with van der Waals surface area (Å²) in [6.45, 7) is 2.08. The van der Waals surface area contributed by atoms with Gasteiger partial charge in [-0.05, 0) is 60.5 Å². The van der Waals surface area contributed by atoms with Crippen LogP contribution in [0.1, 0.15) is 12.0 Å². The summed E-state index contributed by atoms with van der Waals surface area (Å²) in [7, 11) is 1.65. The van der Waals surface area contributed by atoms with Crippen molar-refractivity contribution in [3.63, 3.8) is 0 Å². The Kier molecular flexibility index (Phi) is 6.35. The summed E-state index contributed by atoms with van der Waals surface area (Å²) in [5.74, 6) is 1.92. The number of aromatic nitrogens is 1. The van der Waals surface area contributed by atoms with E-state index in [1.807, 2.05) is 54.6 Å². The van der Waals surface area contributed by atoms with Gasteiger partial charge in [0.1, 0.15) is 17.2 Å². The molecular weight excluding hydrogens is 396 g/mol. The Morgan fingerprint density at radius 1 is 0.967 bits per heavy atom. The van der Waals surface area contributed by atoms with Crippen LogP contribution in [-0.2, 0) is 6.54 Å². The largest absolute Gasteiger partial charge is 0.508 e. The first-order valence-corrected chi connectivity index (χ1v) is 10.7. The number of hydrogen-bond acceptors (Lipinski definition) is 6. The van der Waals surface area contributed by atoms with E-state index >= 15 is 0 Å². The van der Waals surface area contributed by atoms with E-state index in [2.05, 4.69) is 11.0 Å². The Hall–Kier alpha value is -3.25. The summed E-state index contributed by atoms with van der Waals surface area (Å²) < 4.78 is 12.2. The lowest BCUT2D eigenvalue weighted by molar-refractivity contribution is 0.311. The Balaban J connectivity index is 1.44.